The molecule has 1 aromatic carbocycles. The van der Waals surface area contributed by atoms with E-state index in [0.29, 0.717) is 5.75 Å². The molecule has 0 aliphatic rings. The zero-order valence-electron chi connectivity index (χ0n) is 10.4. The van der Waals surface area contributed by atoms with Crippen LogP contribution in [0.25, 0.3) is 10.9 Å². The minimum absolute atomic E-state index is 0.0293. The number of benzene rings is 1. The van der Waals surface area contributed by atoms with E-state index in [9.17, 15) is 4.79 Å². The lowest BCUT2D eigenvalue weighted by Gasteiger charge is -2.07. The monoisotopic (exact) mass is 233 g/mol. The van der Waals surface area contributed by atoms with Gasteiger partial charge >= 0.3 is 0 Å². The van der Waals surface area contributed by atoms with Crippen LogP contribution in [0, 0.1) is 6.92 Å². The summed E-state index contributed by atoms with van der Waals surface area (Å²) in [6, 6.07) is 3.66. The lowest BCUT2D eigenvalue weighted by atomic mass is 10.1. The Hall–Kier alpha value is -1.97. The number of fused-ring (bicyclic) bond motifs is 1. The van der Waals surface area contributed by atoms with Gasteiger partial charge in [-0.1, -0.05) is 0 Å². The fourth-order valence-corrected chi connectivity index (χ4v) is 2.03. The smallest absolute Gasteiger partial charge is 0.227 e. The van der Waals surface area contributed by atoms with Crippen molar-refractivity contribution in [2.75, 3.05) is 14.2 Å². The summed E-state index contributed by atoms with van der Waals surface area (Å²) in [4.78, 5) is 11.6. The summed E-state index contributed by atoms with van der Waals surface area (Å²) in [7, 11) is 3.20. The molecular weight excluding hydrogens is 218 g/mol. The Labute approximate surface area is 99.7 Å². The highest BCUT2D eigenvalue weighted by atomic mass is 16.5. The maximum atomic E-state index is 11.6. The second-order valence-electron chi connectivity index (χ2n) is 3.92. The molecule has 0 aliphatic heterocycles. The quantitative estimate of drug-likeness (QED) is 0.800. The summed E-state index contributed by atoms with van der Waals surface area (Å²) >= 11 is 0. The van der Waals surface area contributed by atoms with Gasteiger partial charge in [-0.15, -0.1) is 0 Å². The third-order valence-electron chi connectivity index (χ3n) is 2.83. The van der Waals surface area contributed by atoms with Gasteiger partial charge in [-0.05, 0) is 12.5 Å². The van der Waals surface area contributed by atoms with E-state index in [-0.39, 0.29) is 5.91 Å². The molecule has 2 rings (SSSR count). The molecule has 0 fully saturated rings. The van der Waals surface area contributed by atoms with Crippen molar-refractivity contribution < 1.29 is 14.3 Å². The van der Waals surface area contributed by atoms with Crippen molar-refractivity contribution in [2.45, 2.75) is 13.8 Å². The van der Waals surface area contributed by atoms with Crippen LogP contribution in [0.2, 0.25) is 0 Å². The number of aromatic nitrogens is 1. The van der Waals surface area contributed by atoms with E-state index in [0.717, 1.165) is 22.2 Å². The van der Waals surface area contributed by atoms with Gasteiger partial charge in [-0.3, -0.25) is 9.36 Å². The van der Waals surface area contributed by atoms with Gasteiger partial charge in [0.2, 0.25) is 5.91 Å². The van der Waals surface area contributed by atoms with E-state index in [1.54, 1.807) is 18.8 Å². The van der Waals surface area contributed by atoms with E-state index in [2.05, 4.69) is 0 Å². The van der Waals surface area contributed by atoms with Crippen LogP contribution in [0.5, 0.6) is 11.5 Å². The maximum Gasteiger partial charge on any atom is 0.227 e. The molecule has 90 valence electrons. The summed E-state index contributed by atoms with van der Waals surface area (Å²) in [6.07, 6.45) is 1.81. The maximum absolute atomic E-state index is 11.6. The number of ether oxygens (including phenoxy) is 2. The van der Waals surface area contributed by atoms with Gasteiger partial charge in [0.05, 0.1) is 19.7 Å². The number of carbonyl (C=O) groups excluding carboxylic acids is 1. The Bertz CT molecular complexity index is 584. The molecule has 17 heavy (non-hydrogen) atoms. The van der Waals surface area contributed by atoms with E-state index in [1.807, 2.05) is 25.3 Å². The first kappa shape index (κ1) is 11.5. The molecule has 0 N–H and O–H groups in total. The molecule has 0 amide bonds. The van der Waals surface area contributed by atoms with Crippen molar-refractivity contribution in [3.63, 3.8) is 0 Å². The number of hydrogen-bond acceptors (Lipinski definition) is 3. The average Bonchev–Trinajstić information content (AvgIpc) is 2.66. The van der Waals surface area contributed by atoms with Gasteiger partial charge in [0.25, 0.3) is 0 Å². The zero-order chi connectivity index (χ0) is 12.6. The Morgan fingerprint density at radius 2 is 1.94 bits per heavy atom. The predicted molar refractivity (Wildman–Crippen MR) is 66.1 cm³/mol. The summed E-state index contributed by atoms with van der Waals surface area (Å²) in [5, 5.41) is 0.948. The van der Waals surface area contributed by atoms with Crippen LogP contribution in [0.1, 0.15) is 17.3 Å². The van der Waals surface area contributed by atoms with Crippen molar-refractivity contribution in [3.05, 3.63) is 23.9 Å². The Morgan fingerprint density at radius 3 is 2.47 bits per heavy atom. The molecule has 4 nitrogen and oxygen atoms in total. The topological polar surface area (TPSA) is 40.5 Å². The van der Waals surface area contributed by atoms with Crippen molar-refractivity contribution in [1.82, 2.24) is 4.57 Å². The molecule has 0 atom stereocenters. The lowest BCUT2D eigenvalue weighted by Crippen LogP contribution is -2.03. The molecule has 2 aromatic rings. The Morgan fingerprint density at radius 1 is 1.24 bits per heavy atom. The first-order valence-electron chi connectivity index (χ1n) is 5.33. The summed E-state index contributed by atoms with van der Waals surface area (Å²) in [5.41, 5.74) is 1.82. The third kappa shape index (κ3) is 1.75. The SMILES string of the molecule is COc1cc(OC)c2c(C)cn(C(C)=O)c2c1. The highest BCUT2D eigenvalue weighted by Crippen LogP contribution is 2.34. The van der Waals surface area contributed by atoms with E-state index >= 15 is 0 Å². The van der Waals surface area contributed by atoms with E-state index in [4.69, 9.17) is 9.47 Å². The molecule has 4 heteroatoms. The highest BCUT2D eigenvalue weighted by Gasteiger charge is 2.14. The number of methoxy groups -OCH3 is 2. The lowest BCUT2D eigenvalue weighted by molar-refractivity contribution is 0.0941. The van der Waals surface area contributed by atoms with Crippen molar-refractivity contribution in [3.8, 4) is 11.5 Å². The molecule has 1 heterocycles. The van der Waals surface area contributed by atoms with Crippen LogP contribution in [0.3, 0.4) is 0 Å². The summed E-state index contributed by atoms with van der Waals surface area (Å²) in [6.45, 7) is 3.49. The number of carbonyl (C=O) groups is 1. The van der Waals surface area contributed by atoms with Gasteiger partial charge in [0.1, 0.15) is 11.5 Å². The van der Waals surface area contributed by atoms with E-state index < -0.39 is 0 Å². The van der Waals surface area contributed by atoms with Crippen LogP contribution in [0.4, 0.5) is 0 Å². The zero-order valence-corrected chi connectivity index (χ0v) is 10.4. The third-order valence-corrected chi connectivity index (χ3v) is 2.83. The molecule has 0 unspecified atom stereocenters. The molecule has 0 bridgehead atoms. The molecular formula is C13H15NO3. The van der Waals surface area contributed by atoms with Crippen LogP contribution in [0.15, 0.2) is 18.3 Å². The second kappa shape index (κ2) is 4.13. The Balaban J connectivity index is 2.86. The predicted octanol–water partition coefficient (Wildman–Crippen LogP) is 2.63. The Kier molecular flexibility index (Phi) is 2.79. The van der Waals surface area contributed by atoms with Crippen LogP contribution in [-0.2, 0) is 0 Å². The molecule has 0 radical (unpaired) electrons. The standard InChI is InChI=1S/C13H15NO3/c1-8-7-14(9(2)15)11-5-10(16-3)6-12(17-4)13(8)11/h5-7H,1-4H3. The van der Waals surface area contributed by atoms with Crippen LogP contribution >= 0.6 is 0 Å². The van der Waals surface area contributed by atoms with E-state index in [1.165, 1.54) is 6.92 Å². The van der Waals surface area contributed by atoms with Crippen molar-refractivity contribution >= 4 is 16.8 Å². The summed E-state index contributed by atoms with van der Waals surface area (Å²) < 4.78 is 12.2. The summed E-state index contributed by atoms with van der Waals surface area (Å²) in [5.74, 6) is 1.37. The van der Waals surface area contributed by atoms with Crippen molar-refractivity contribution in [2.24, 2.45) is 0 Å². The van der Waals surface area contributed by atoms with Gasteiger partial charge in [-0.2, -0.15) is 0 Å². The molecule has 0 saturated heterocycles. The minimum atomic E-state index is -0.0293. The van der Waals surface area contributed by atoms with Gasteiger partial charge in [0, 0.05) is 30.6 Å². The van der Waals surface area contributed by atoms with Gasteiger partial charge in [-0.25, -0.2) is 0 Å². The first-order chi connectivity index (χ1) is 8.08. The number of hydrogen-bond donors (Lipinski definition) is 0. The fraction of sp³-hybridized carbons (Fsp3) is 0.308. The van der Waals surface area contributed by atoms with Crippen molar-refractivity contribution in [1.29, 1.82) is 0 Å². The van der Waals surface area contributed by atoms with Crippen LogP contribution < -0.4 is 9.47 Å². The highest BCUT2D eigenvalue weighted by molar-refractivity contribution is 5.97. The van der Waals surface area contributed by atoms with Gasteiger partial charge in [0.15, 0.2) is 0 Å². The minimum Gasteiger partial charge on any atom is -0.497 e. The average molecular weight is 233 g/mol. The molecule has 0 spiro atoms. The number of aryl methyl sites for hydroxylation is 1. The first-order valence-corrected chi connectivity index (χ1v) is 5.33. The van der Waals surface area contributed by atoms with Crippen LogP contribution in [-0.4, -0.2) is 24.7 Å². The molecule has 1 aromatic heterocycles. The second-order valence-corrected chi connectivity index (χ2v) is 3.92. The molecule has 0 saturated carbocycles. The van der Waals surface area contributed by atoms with Gasteiger partial charge < -0.3 is 9.47 Å². The molecule has 0 aliphatic carbocycles. The fourth-order valence-electron chi connectivity index (χ4n) is 2.03. The normalized spacial score (nSPS) is 10.6. The number of nitrogens with zero attached hydrogens (tertiary/aromatic N) is 1. The number of rotatable bonds is 2. The largest absolute Gasteiger partial charge is 0.497 e.